The molecule has 57 heavy (non-hydrogen) atoms. The first kappa shape index (κ1) is 33.5. The number of hydrogen-bond acceptors (Lipinski definition) is 4. The Labute approximate surface area is 339 Å². The third-order valence-corrected chi connectivity index (χ3v) is 13.1. The van der Waals surface area contributed by atoms with E-state index in [9.17, 15) is 0 Å². The lowest BCUT2D eigenvalue weighted by Gasteiger charge is -2.27. The predicted octanol–water partition coefficient (Wildman–Crippen LogP) is 16.0. The standard InChI is InChI=1S/C53H34N2S2/c1-4-14-36(15-5-1)46-32-41(55(39-20-8-3-9-21-39)40-28-26-37(27-29-40)43-23-12-19-35-16-10-11-22-42(35)43)30-31-44(46)45-24-13-25-49-52(45)47-33-51-48(34-50(47)56-49)54-53(57-51)38-17-6-2-7-18-38/h1-34H. The molecule has 0 aliphatic rings. The molecule has 0 aliphatic carbocycles. The molecule has 0 spiro atoms. The molecule has 4 heteroatoms. The van der Waals surface area contributed by atoms with E-state index in [-0.39, 0.29) is 0 Å². The van der Waals surface area contributed by atoms with Crippen LogP contribution in [0.2, 0.25) is 0 Å². The van der Waals surface area contributed by atoms with Crippen molar-refractivity contribution < 1.29 is 0 Å². The van der Waals surface area contributed by atoms with Crippen molar-refractivity contribution in [3.8, 4) is 44.0 Å². The number of rotatable bonds is 7. The van der Waals surface area contributed by atoms with E-state index in [1.807, 2.05) is 11.3 Å². The zero-order valence-electron chi connectivity index (χ0n) is 30.8. The van der Waals surface area contributed by atoms with Crippen LogP contribution in [0.15, 0.2) is 206 Å². The molecule has 0 N–H and O–H groups in total. The summed E-state index contributed by atoms with van der Waals surface area (Å²) >= 11 is 3.62. The first-order chi connectivity index (χ1) is 28.2. The first-order valence-electron chi connectivity index (χ1n) is 19.2. The van der Waals surface area contributed by atoms with Gasteiger partial charge in [0.1, 0.15) is 5.01 Å². The molecule has 11 aromatic rings. The Morgan fingerprint density at radius 1 is 0.351 bits per heavy atom. The van der Waals surface area contributed by atoms with Gasteiger partial charge in [0.25, 0.3) is 0 Å². The maximum Gasteiger partial charge on any atom is 0.124 e. The van der Waals surface area contributed by atoms with Crippen LogP contribution in [0, 0.1) is 0 Å². The smallest absolute Gasteiger partial charge is 0.124 e. The van der Waals surface area contributed by atoms with E-state index in [0.717, 1.165) is 33.1 Å². The van der Waals surface area contributed by atoms with Gasteiger partial charge in [0.15, 0.2) is 0 Å². The van der Waals surface area contributed by atoms with Crippen LogP contribution in [-0.2, 0) is 0 Å². The van der Waals surface area contributed by atoms with Crippen molar-refractivity contribution in [1.82, 2.24) is 4.98 Å². The molecule has 2 nitrogen and oxygen atoms in total. The summed E-state index contributed by atoms with van der Waals surface area (Å²) in [6.45, 7) is 0. The minimum Gasteiger partial charge on any atom is -0.310 e. The number of hydrogen-bond donors (Lipinski definition) is 0. The van der Waals surface area contributed by atoms with Gasteiger partial charge in [-0.2, -0.15) is 0 Å². The second-order valence-corrected chi connectivity index (χ2v) is 16.4. The SMILES string of the molecule is c1ccc(-c2nc3cc4sc5cccc(-c6ccc(N(c7ccccc7)c7ccc(-c8cccc9ccccc89)cc7)cc6-c6ccccc6)c5c4cc3s2)cc1. The van der Waals surface area contributed by atoms with Gasteiger partial charge < -0.3 is 4.90 Å². The quantitative estimate of drug-likeness (QED) is 0.161. The third kappa shape index (κ3) is 5.98. The average molecular weight is 763 g/mol. The van der Waals surface area contributed by atoms with E-state index >= 15 is 0 Å². The van der Waals surface area contributed by atoms with Crippen LogP contribution in [0.5, 0.6) is 0 Å². The highest BCUT2D eigenvalue weighted by molar-refractivity contribution is 7.26. The van der Waals surface area contributed by atoms with Crippen molar-refractivity contribution in [3.63, 3.8) is 0 Å². The molecule has 2 heterocycles. The summed E-state index contributed by atoms with van der Waals surface area (Å²) in [5.41, 5.74) is 12.8. The molecule has 0 aliphatic heterocycles. The molecule has 9 aromatic carbocycles. The minimum atomic E-state index is 1.06. The van der Waals surface area contributed by atoms with E-state index in [4.69, 9.17) is 4.98 Å². The summed E-state index contributed by atoms with van der Waals surface area (Å²) < 4.78 is 3.75. The molecule has 0 saturated heterocycles. The van der Waals surface area contributed by atoms with E-state index in [1.165, 1.54) is 69.0 Å². The Bertz CT molecular complexity index is 3220. The summed E-state index contributed by atoms with van der Waals surface area (Å²) in [6, 6.07) is 74.6. The average Bonchev–Trinajstić information content (AvgIpc) is 3.87. The Hall–Kier alpha value is -6.85. The number of anilines is 3. The van der Waals surface area contributed by atoms with E-state index in [2.05, 4.69) is 211 Å². The number of benzene rings is 9. The number of para-hydroxylation sites is 1. The monoisotopic (exact) mass is 762 g/mol. The highest BCUT2D eigenvalue weighted by atomic mass is 32.1. The molecule has 11 rings (SSSR count). The lowest BCUT2D eigenvalue weighted by Crippen LogP contribution is -2.10. The normalized spacial score (nSPS) is 11.5. The molecule has 0 atom stereocenters. The molecule has 0 saturated carbocycles. The fourth-order valence-electron chi connectivity index (χ4n) is 8.23. The zero-order valence-corrected chi connectivity index (χ0v) is 32.5. The predicted molar refractivity (Wildman–Crippen MR) is 246 cm³/mol. The van der Waals surface area contributed by atoms with Crippen molar-refractivity contribution >= 4 is 80.9 Å². The molecule has 0 radical (unpaired) electrons. The fraction of sp³-hybridized carbons (Fsp3) is 0. The van der Waals surface area contributed by atoms with Gasteiger partial charge in [-0.15, -0.1) is 22.7 Å². The molecule has 0 unspecified atom stereocenters. The van der Waals surface area contributed by atoms with Crippen LogP contribution < -0.4 is 4.90 Å². The summed E-state index contributed by atoms with van der Waals surface area (Å²) in [4.78, 5) is 7.44. The van der Waals surface area contributed by atoms with Crippen molar-refractivity contribution in [2.45, 2.75) is 0 Å². The van der Waals surface area contributed by atoms with Crippen LogP contribution >= 0.6 is 22.7 Å². The number of aromatic nitrogens is 1. The van der Waals surface area contributed by atoms with Crippen molar-refractivity contribution in [3.05, 3.63) is 206 Å². The lowest BCUT2D eigenvalue weighted by molar-refractivity contribution is 1.28. The Morgan fingerprint density at radius 3 is 1.79 bits per heavy atom. The molecule has 0 bridgehead atoms. The Morgan fingerprint density at radius 2 is 0.982 bits per heavy atom. The van der Waals surface area contributed by atoms with Crippen LogP contribution in [0.4, 0.5) is 17.1 Å². The highest BCUT2D eigenvalue weighted by Crippen LogP contribution is 2.47. The Balaban J connectivity index is 1.07. The molecule has 268 valence electrons. The van der Waals surface area contributed by atoms with Crippen LogP contribution in [0.1, 0.15) is 0 Å². The lowest BCUT2D eigenvalue weighted by atomic mass is 9.91. The van der Waals surface area contributed by atoms with Gasteiger partial charge in [-0.3, -0.25) is 0 Å². The van der Waals surface area contributed by atoms with Gasteiger partial charge >= 0.3 is 0 Å². The van der Waals surface area contributed by atoms with E-state index in [1.54, 1.807) is 11.3 Å². The van der Waals surface area contributed by atoms with Crippen molar-refractivity contribution in [1.29, 1.82) is 0 Å². The van der Waals surface area contributed by atoms with Crippen molar-refractivity contribution in [2.75, 3.05) is 4.90 Å². The minimum absolute atomic E-state index is 1.06. The second-order valence-electron chi connectivity index (χ2n) is 14.3. The topological polar surface area (TPSA) is 16.1 Å². The van der Waals surface area contributed by atoms with Crippen LogP contribution in [0.3, 0.4) is 0 Å². The van der Waals surface area contributed by atoms with Gasteiger partial charge in [0, 0.05) is 42.8 Å². The largest absolute Gasteiger partial charge is 0.310 e. The molecule has 0 amide bonds. The maximum atomic E-state index is 5.07. The fourth-order valence-corrected chi connectivity index (χ4v) is 10.4. The van der Waals surface area contributed by atoms with E-state index in [0.29, 0.717) is 0 Å². The molecule has 2 aromatic heterocycles. The summed E-state index contributed by atoms with van der Waals surface area (Å²) in [5.74, 6) is 0. The van der Waals surface area contributed by atoms with Crippen molar-refractivity contribution in [2.24, 2.45) is 0 Å². The number of thiophene rings is 1. The highest BCUT2D eigenvalue weighted by Gasteiger charge is 2.20. The third-order valence-electron chi connectivity index (χ3n) is 10.9. The summed E-state index contributed by atoms with van der Waals surface area (Å²) in [6.07, 6.45) is 0. The Kier molecular flexibility index (Phi) is 8.24. The number of thiazole rings is 1. The maximum absolute atomic E-state index is 5.07. The van der Waals surface area contributed by atoms with Gasteiger partial charge in [0.2, 0.25) is 0 Å². The zero-order chi connectivity index (χ0) is 37.7. The summed E-state index contributed by atoms with van der Waals surface area (Å²) in [7, 11) is 0. The van der Waals surface area contributed by atoms with Crippen LogP contribution in [-0.4, -0.2) is 4.98 Å². The molecular formula is C53H34N2S2. The number of fused-ring (bicyclic) bond motifs is 5. The summed E-state index contributed by atoms with van der Waals surface area (Å²) in [5, 5.41) is 6.14. The van der Waals surface area contributed by atoms with E-state index < -0.39 is 0 Å². The van der Waals surface area contributed by atoms with Gasteiger partial charge in [-0.25, -0.2) is 4.98 Å². The van der Waals surface area contributed by atoms with Gasteiger partial charge in [-0.05, 0) is 98.8 Å². The second kappa shape index (κ2) is 14.0. The van der Waals surface area contributed by atoms with Gasteiger partial charge in [-0.1, -0.05) is 152 Å². The molecular weight excluding hydrogens is 729 g/mol. The van der Waals surface area contributed by atoms with Gasteiger partial charge in [0.05, 0.1) is 10.2 Å². The molecule has 0 fully saturated rings. The first-order valence-corrected chi connectivity index (χ1v) is 20.8. The van der Waals surface area contributed by atoms with Crippen LogP contribution in [0.25, 0.3) is 85.1 Å². The number of nitrogens with zero attached hydrogens (tertiary/aromatic N) is 2.